The maximum atomic E-state index is 12.1. The Labute approximate surface area is 152 Å². The quantitative estimate of drug-likeness (QED) is 0.737. The molecule has 1 aliphatic rings. The first-order valence-corrected chi connectivity index (χ1v) is 8.70. The fraction of sp³-hybridized carbons (Fsp3) is 0.368. The number of amides is 2. The number of anilines is 1. The van der Waals surface area contributed by atoms with Crippen LogP contribution in [0.2, 0.25) is 0 Å². The third-order valence-corrected chi connectivity index (χ3v) is 4.20. The monoisotopic (exact) mass is 357 g/mol. The fourth-order valence-electron chi connectivity index (χ4n) is 2.95. The lowest BCUT2D eigenvalue weighted by atomic mass is 10.0. The van der Waals surface area contributed by atoms with Crippen molar-refractivity contribution in [3.05, 3.63) is 48.4 Å². The summed E-state index contributed by atoms with van der Waals surface area (Å²) in [5.74, 6) is 0.252. The highest BCUT2D eigenvalue weighted by Gasteiger charge is 2.20. The largest absolute Gasteiger partial charge is 0.484 e. The molecule has 1 aromatic carbocycles. The van der Waals surface area contributed by atoms with Crippen LogP contribution in [0.25, 0.3) is 0 Å². The average Bonchev–Trinajstić information content (AvgIpc) is 3.15. The minimum absolute atomic E-state index is 0.0616. The van der Waals surface area contributed by atoms with E-state index in [9.17, 15) is 9.59 Å². The van der Waals surface area contributed by atoms with Crippen molar-refractivity contribution in [2.75, 3.05) is 18.5 Å². The van der Waals surface area contributed by atoms with E-state index in [1.54, 1.807) is 36.4 Å². The van der Waals surface area contributed by atoms with Crippen molar-refractivity contribution in [2.24, 2.45) is 0 Å². The van der Waals surface area contributed by atoms with E-state index in [4.69, 9.17) is 9.15 Å². The average molecular weight is 357 g/mol. The SMILES string of the molecule is CC1CC(NC(=O)COc2cccc(NC(=O)c3ccco3)c2)CCN1. The summed E-state index contributed by atoms with van der Waals surface area (Å²) in [6, 6.07) is 10.7. The van der Waals surface area contributed by atoms with Crippen molar-refractivity contribution < 1.29 is 18.7 Å². The number of hydrogen-bond donors (Lipinski definition) is 3. The van der Waals surface area contributed by atoms with Gasteiger partial charge in [-0.1, -0.05) is 6.07 Å². The van der Waals surface area contributed by atoms with Crippen molar-refractivity contribution in [3.8, 4) is 5.75 Å². The smallest absolute Gasteiger partial charge is 0.291 e. The Bertz CT molecular complexity index is 745. The van der Waals surface area contributed by atoms with E-state index >= 15 is 0 Å². The summed E-state index contributed by atoms with van der Waals surface area (Å²) >= 11 is 0. The van der Waals surface area contributed by atoms with Crippen molar-refractivity contribution in [1.29, 1.82) is 0 Å². The predicted molar refractivity (Wildman–Crippen MR) is 97.2 cm³/mol. The molecule has 2 amide bonds. The molecular formula is C19H23N3O4. The number of piperidine rings is 1. The third-order valence-electron chi connectivity index (χ3n) is 4.20. The molecule has 0 saturated carbocycles. The van der Waals surface area contributed by atoms with Gasteiger partial charge in [0.15, 0.2) is 12.4 Å². The van der Waals surface area contributed by atoms with Gasteiger partial charge in [-0.25, -0.2) is 0 Å². The fourth-order valence-corrected chi connectivity index (χ4v) is 2.95. The molecule has 1 aromatic heterocycles. The first kappa shape index (κ1) is 18.0. The molecule has 7 nitrogen and oxygen atoms in total. The molecule has 2 unspecified atom stereocenters. The minimum atomic E-state index is -0.343. The van der Waals surface area contributed by atoms with E-state index in [0.29, 0.717) is 17.5 Å². The molecule has 0 bridgehead atoms. The summed E-state index contributed by atoms with van der Waals surface area (Å²) in [6.45, 7) is 2.95. The molecule has 7 heteroatoms. The second kappa shape index (κ2) is 8.53. The number of ether oxygens (including phenoxy) is 1. The lowest BCUT2D eigenvalue weighted by Gasteiger charge is -2.28. The molecule has 3 rings (SSSR count). The van der Waals surface area contributed by atoms with Crippen LogP contribution in [0.15, 0.2) is 47.1 Å². The van der Waals surface area contributed by atoms with Gasteiger partial charge in [-0.15, -0.1) is 0 Å². The molecule has 2 atom stereocenters. The Kier molecular flexibility index (Phi) is 5.91. The van der Waals surface area contributed by atoms with Crippen LogP contribution in [-0.4, -0.2) is 37.0 Å². The van der Waals surface area contributed by atoms with Crippen LogP contribution in [0.1, 0.15) is 30.3 Å². The molecule has 2 aromatic rings. The van der Waals surface area contributed by atoms with Crippen LogP contribution in [0, 0.1) is 0 Å². The van der Waals surface area contributed by atoms with Gasteiger partial charge in [0, 0.05) is 23.8 Å². The van der Waals surface area contributed by atoms with Gasteiger partial charge in [0.1, 0.15) is 5.75 Å². The van der Waals surface area contributed by atoms with Gasteiger partial charge in [0.25, 0.3) is 11.8 Å². The summed E-state index contributed by atoms with van der Waals surface area (Å²) in [6.07, 6.45) is 3.28. The number of carbonyl (C=O) groups is 2. The summed E-state index contributed by atoms with van der Waals surface area (Å²) < 4.78 is 10.6. The molecule has 2 heterocycles. The second-order valence-corrected chi connectivity index (χ2v) is 6.39. The van der Waals surface area contributed by atoms with Crippen molar-refractivity contribution in [3.63, 3.8) is 0 Å². The molecule has 1 aliphatic heterocycles. The number of rotatable bonds is 6. The molecule has 0 radical (unpaired) electrons. The van der Waals surface area contributed by atoms with Crippen LogP contribution >= 0.6 is 0 Å². The van der Waals surface area contributed by atoms with Gasteiger partial charge < -0.3 is 25.1 Å². The molecule has 26 heavy (non-hydrogen) atoms. The zero-order valence-electron chi connectivity index (χ0n) is 14.7. The standard InChI is InChI=1S/C19H23N3O4/c1-13-10-15(7-8-20-13)21-18(23)12-26-16-5-2-4-14(11-16)22-19(24)17-6-3-9-25-17/h2-6,9,11,13,15,20H,7-8,10,12H2,1H3,(H,21,23)(H,22,24). The zero-order chi connectivity index (χ0) is 18.4. The van der Waals surface area contributed by atoms with Crippen molar-refractivity contribution >= 4 is 17.5 Å². The molecule has 1 fully saturated rings. The number of nitrogens with one attached hydrogen (secondary N) is 3. The Hall–Kier alpha value is -2.80. The summed E-state index contributed by atoms with van der Waals surface area (Å²) in [5, 5.41) is 9.07. The number of carbonyl (C=O) groups excluding carboxylic acids is 2. The zero-order valence-corrected chi connectivity index (χ0v) is 14.7. The van der Waals surface area contributed by atoms with Crippen LogP contribution in [0.4, 0.5) is 5.69 Å². The summed E-state index contributed by atoms with van der Waals surface area (Å²) in [4.78, 5) is 24.1. The molecule has 3 N–H and O–H groups in total. The maximum absolute atomic E-state index is 12.1. The third kappa shape index (κ3) is 5.10. The van der Waals surface area contributed by atoms with Crippen LogP contribution in [-0.2, 0) is 4.79 Å². The highest BCUT2D eigenvalue weighted by atomic mass is 16.5. The van der Waals surface area contributed by atoms with Crippen LogP contribution in [0.5, 0.6) is 5.75 Å². The Morgan fingerprint density at radius 1 is 1.31 bits per heavy atom. The Balaban J connectivity index is 1.49. The van der Waals surface area contributed by atoms with Crippen LogP contribution in [0.3, 0.4) is 0 Å². The molecule has 0 aliphatic carbocycles. The first-order chi connectivity index (χ1) is 12.6. The van der Waals surface area contributed by atoms with E-state index in [1.807, 2.05) is 0 Å². The minimum Gasteiger partial charge on any atom is -0.484 e. The van der Waals surface area contributed by atoms with Gasteiger partial charge >= 0.3 is 0 Å². The van der Waals surface area contributed by atoms with E-state index in [0.717, 1.165) is 19.4 Å². The summed E-state index contributed by atoms with van der Waals surface area (Å²) in [5.41, 5.74) is 0.566. The number of hydrogen-bond acceptors (Lipinski definition) is 5. The van der Waals surface area contributed by atoms with Crippen LogP contribution < -0.4 is 20.7 Å². The Morgan fingerprint density at radius 3 is 2.96 bits per heavy atom. The maximum Gasteiger partial charge on any atom is 0.291 e. The van der Waals surface area contributed by atoms with E-state index < -0.39 is 0 Å². The normalized spacial score (nSPS) is 19.6. The Morgan fingerprint density at radius 2 is 2.19 bits per heavy atom. The number of benzene rings is 1. The predicted octanol–water partition coefficient (Wildman–Crippen LogP) is 2.17. The molecule has 0 spiro atoms. The van der Waals surface area contributed by atoms with Gasteiger partial charge in [0.2, 0.25) is 0 Å². The molecule has 1 saturated heterocycles. The van der Waals surface area contributed by atoms with Gasteiger partial charge in [-0.05, 0) is 50.6 Å². The molecule has 138 valence electrons. The van der Waals surface area contributed by atoms with Crippen molar-refractivity contribution in [2.45, 2.75) is 31.8 Å². The lowest BCUT2D eigenvalue weighted by Crippen LogP contribution is -2.47. The van der Waals surface area contributed by atoms with Gasteiger partial charge in [0.05, 0.1) is 6.26 Å². The lowest BCUT2D eigenvalue weighted by molar-refractivity contribution is -0.124. The number of furan rings is 1. The highest BCUT2D eigenvalue weighted by Crippen LogP contribution is 2.18. The van der Waals surface area contributed by atoms with E-state index in [2.05, 4.69) is 22.9 Å². The molecular weight excluding hydrogens is 334 g/mol. The highest BCUT2D eigenvalue weighted by molar-refractivity contribution is 6.02. The van der Waals surface area contributed by atoms with Gasteiger partial charge in [-0.2, -0.15) is 0 Å². The van der Waals surface area contributed by atoms with Crippen molar-refractivity contribution in [1.82, 2.24) is 10.6 Å². The van der Waals surface area contributed by atoms with E-state index in [-0.39, 0.29) is 30.2 Å². The topological polar surface area (TPSA) is 92.6 Å². The van der Waals surface area contributed by atoms with E-state index in [1.165, 1.54) is 6.26 Å². The van der Waals surface area contributed by atoms with Gasteiger partial charge in [-0.3, -0.25) is 9.59 Å². The summed E-state index contributed by atoms with van der Waals surface area (Å²) in [7, 11) is 0. The first-order valence-electron chi connectivity index (χ1n) is 8.70. The second-order valence-electron chi connectivity index (χ2n) is 6.39.